The van der Waals surface area contributed by atoms with Crippen LogP contribution in [-0.4, -0.2) is 19.0 Å². The van der Waals surface area contributed by atoms with Crippen molar-refractivity contribution in [1.29, 1.82) is 0 Å². The topological polar surface area (TPSA) is 55.1 Å². The van der Waals surface area contributed by atoms with E-state index in [9.17, 15) is 4.79 Å². The van der Waals surface area contributed by atoms with Crippen LogP contribution in [0.3, 0.4) is 0 Å². The van der Waals surface area contributed by atoms with Gasteiger partial charge >= 0.3 is 0 Å². The summed E-state index contributed by atoms with van der Waals surface area (Å²) in [6.07, 6.45) is 10.8. The van der Waals surface area contributed by atoms with Crippen molar-refractivity contribution < 1.29 is 4.79 Å². The number of amides is 1. The molecule has 2 aliphatic rings. The normalized spacial score (nSPS) is 25.9. The minimum absolute atomic E-state index is 0.217. The van der Waals surface area contributed by atoms with Crippen LogP contribution < -0.4 is 11.1 Å². The Balaban J connectivity index is 1.87. The zero-order chi connectivity index (χ0) is 13.1. The van der Waals surface area contributed by atoms with E-state index in [0.29, 0.717) is 12.0 Å². The predicted octanol–water partition coefficient (Wildman–Crippen LogP) is 2.59. The van der Waals surface area contributed by atoms with Crippen molar-refractivity contribution in [2.24, 2.45) is 16.6 Å². The average Bonchev–Trinajstić information content (AvgIpc) is 2.87. The summed E-state index contributed by atoms with van der Waals surface area (Å²) >= 11 is 0. The minimum atomic E-state index is -0.245. The maximum absolute atomic E-state index is 12.4. The van der Waals surface area contributed by atoms with E-state index in [-0.39, 0.29) is 11.3 Å². The van der Waals surface area contributed by atoms with E-state index < -0.39 is 0 Å². The number of hydrogen-bond acceptors (Lipinski definition) is 2. The van der Waals surface area contributed by atoms with Crippen LogP contribution in [0.25, 0.3) is 0 Å². The Bertz CT molecular complexity index is 289. The highest BCUT2D eigenvalue weighted by Crippen LogP contribution is 2.38. The number of rotatable bonds is 4. The van der Waals surface area contributed by atoms with E-state index >= 15 is 0 Å². The van der Waals surface area contributed by atoms with Gasteiger partial charge in [-0.1, -0.05) is 39.0 Å². The van der Waals surface area contributed by atoms with Crippen LogP contribution in [0.4, 0.5) is 0 Å². The van der Waals surface area contributed by atoms with Gasteiger partial charge in [-0.3, -0.25) is 4.79 Å². The van der Waals surface area contributed by atoms with E-state index in [0.717, 1.165) is 32.2 Å². The van der Waals surface area contributed by atoms with E-state index in [1.807, 2.05) is 0 Å². The number of carbonyl (C=O) groups is 1. The maximum Gasteiger partial charge on any atom is 0.227 e. The third-order valence-corrected chi connectivity index (χ3v) is 5.17. The van der Waals surface area contributed by atoms with Gasteiger partial charge in [-0.25, -0.2) is 0 Å². The van der Waals surface area contributed by atoms with Crippen LogP contribution in [0.15, 0.2) is 0 Å². The first-order valence-corrected chi connectivity index (χ1v) is 7.59. The lowest BCUT2D eigenvalue weighted by Crippen LogP contribution is -2.47. The van der Waals surface area contributed by atoms with Gasteiger partial charge < -0.3 is 11.1 Å². The van der Waals surface area contributed by atoms with Gasteiger partial charge in [0, 0.05) is 13.1 Å². The summed E-state index contributed by atoms with van der Waals surface area (Å²) in [5.74, 6) is 0.217. The summed E-state index contributed by atoms with van der Waals surface area (Å²) in [6.45, 7) is 3.67. The summed E-state index contributed by atoms with van der Waals surface area (Å²) < 4.78 is 0. The van der Waals surface area contributed by atoms with Crippen molar-refractivity contribution in [2.45, 2.75) is 64.7 Å². The van der Waals surface area contributed by atoms with Gasteiger partial charge in [0.15, 0.2) is 0 Å². The Morgan fingerprint density at radius 2 is 1.61 bits per heavy atom. The number of carbonyl (C=O) groups excluding carboxylic acids is 1. The van der Waals surface area contributed by atoms with Crippen molar-refractivity contribution in [1.82, 2.24) is 5.32 Å². The van der Waals surface area contributed by atoms with Gasteiger partial charge in [-0.2, -0.15) is 0 Å². The summed E-state index contributed by atoms with van der Waals surface area (Å²) in [7, 11) is 0. The highest BCUT2D eigenvalue weighted by Gasteiger charge is 2.40. The molecule has 0 unspecified atom stereocenters. The van der Waals surface area contributed by atoms with E-state index in [2.05, 4.69) is 12.2 Å². The van der Waals surface area contributed by atoms with Crippen molar-refractivity contribution in [2.75, 3.05) is 13.1 Å². The Labute approximate surface area is 111 Å². The molecule has 0 aromatic rings. The van der Waals surface area contributed by atoms with Crippen molar-refractivity contribution in [3.8, 4) is 0 Å². The molecular weight excluding hydrogens is 224 g/mol. The van der Waals surface area contributed by atoms with Crippen LogP contribution in [0, 0.1) is 10.8 Å². The molecule has 0 saturated heterocycles. The largest absolute Gasteiger partial charge is 0.355 e. The molecule has 0 aromatic heterocycles. The number of hydrogen-bond donors (Lipinski definition) is 2. The molecule has 0 aromatic carbocycles. The molecule has 2 saturated carbocycles. The van der Waals surface area contributed by atoms with Crippen LogP contribution in [0.5, 0.6) is 0 Å². The van der Waals surface area contributed by atoms with Crippen LogP contribution >= 0.6 is 0 Å². The molecule has 104 valence electrons. The quantitative estimate of drug-likeness (QED) is 0.808. The Kier molecular flexibility index (Phi) is 4.31. The first-order chi connectivity index (χ1) is 8.60. The van der Waals surface area contributed by atoms with Gasteiger partial charge in [0.1, 0.15) is 0 Å². The zero-order valence-corrected chi connectivity index (χ0v) is 11.8. The standard InChI is InChI=1S/C15H28N2O/c1-14(7-3-2-4-8-14)12-17-13(18)15(11-16)9-5-6-10-15/h2-12,16H2,1H3,(H,17,18). The molecule has 0 bridgehead atoms. The molecule has 3 nitrogen and oxygen atoms in total. The third-order valence-electron chi connectivity index (χ3n) is 5.17. The van der Waals surface area contributed by atoms with Crippen LogP contribution in [0.2, 0.25) is 0 Å². The molecule has 0 heterocycles. The first kappa shape index (κ1) is 13.9. The van der Waals surface area contributed by atoms with Crippen LogP contribution in [0.1, 0.15) is 64.7 Å². The summed E-state index contributed by atoms with van der Waals surface area (Å²) in [5.41, 5.74) is 5.93. The van der Waals surface area contributed by atoms with Crippen LogP contribution in [-0.2, 0) is 4.79 Å². The fourth-order valence-electron chi connectivity index (χ4n) is 3.64. The minimum Gasteiger partial charge on any atom is -0.355 e. The maximum atomic E-state index is 12.4. The lowest BCUT2D eigenvalue weighted by molar-refractivity contribution is -0.130. The predicted molar refractivity (Wildman–Crippen MR) is 74.2 cm³/mol. The van der Waals surface area contributed by atoms with E-state index in [1.165, 1.54) is 32.1 Å². The smallest absolute Gasteiger partial charge is 0.227 e. The molecule has 0 atom stereocenters. The molecule has 0 aliphatic heterocycles. The number of nitrogens with two attached hydrogens (primary N) is 1. The van der Waals surface area contributed by atoms with Crippen molar-refractivity contribution in [3.05, 3.63) is 0 Å². The molecule has 3 N–H and O–H groups in total. The summed E-state index contributed by atoms with van der Waals surface area (Å²) in [5, 5.41) is 3.21. The summed E-state index contributed by atoms with van der Waals surface area (Å²) in [4.78, 5) is 12.4. The molecule has 18 heavy (non-hydrogen) atoms. The van der Waals surface area contributed by atoms with Gasteiger partial charge in [0.2, 0.25) is 5.91 Å². The Morgan fingerprint density at radius 3 is 2.17 bits per heavy atom. The highest BCUT2D eigenvalue weighted by atomic mass is 16.2. The molecule has 2 fully saturated rings. The highest BCUT2D eigenvalue weighted by molar-refractivity contribution is 5.83. The Morgan fingerprint density at radius 1 is 1.06 bits per heavy atom. The molecule has 1 amide bonds. The average molecular weight is 252 g/mol. The second-order valence-corrected chi connectivity index (χ2v) is 6.75. The lowest BCUT2D eigenvalue weighted by Gasteiger charge is -2.35. The second kappa shape index (κ2) is 5.60. The lowest BCUT2D eigenvalue weighted by atomic mass is 9.75. The fraction of sp³-hybridized carbons (Fsp3) is 0.933. The number of nitrogens with one attached hydrogen (secondary N) is 1. The zero-order valence-electron chi connectivity index (χ0n) is 11.8. The van der Waals surface area contributed by atoms with Gasteiger partial charge in [0.05, 0.1) is 5.41 Å². The molecule has 3 heteroatoms. The molecule has 0 spiro atoms. The van der Waals surface area contributed by atoms with E-state index in [4.69, 9.17) is 5.73 Å². The Hall–Kier alpha value is -0.570. The van der Waals surface area contributed by atoms with Gasteiger partial charge in [-0.15, -0.1) is 0 Å². The SMILES string of the molecule is CC1(CNC(=O)C2(CN)CCCC2)CCCCC1. The van der Waals surface area contributed by atoms with E-state index in [1.54, 1.807) is 0 Å². The monoisotopic (exact) mass is 252 g/mol. The van der Waals surface area contributed by atoms with Crippen molar-refractivity contribution in [3.63, 3.8) is 0 Å². The summed E-state index contributed by atoms with van der Waals surface area (Å²) in [6, 6.07) is 0. The first-order valence-electron chi connectivity index (χ1n) is 7.59. The molecule has 2 aliphatic carbocycles. The molecule has 2 rings (SSSR count). The fourth-order valence-corrected chi connectivity index (χ4v) is 3.64. The van der Waals surface area contributed by atoms with Gasteiger partial charge in [0.25, 0.3) is 0 Å². The molecular formula is C15H28N2O. The van der Waals surface area contributed by atoms with Gasteiger partial charge in [-0.05, 0) is 31.1 Å². The van der Waals surface area contributed by atoms with Crippen molar-refractivity contribution >= 4 is 5.91 Å². The second-order valence-electron chi connectivity index (χ2n) is 6.75. The third kappa shape index (κ3) is 2.87. The molecule has 0 radical (unpaired) electrons.